The van der Waals surface area contributed by atoms with Crippen molar-refractivity contribution < 1.29 is 8.42 Å². The van der Waals surface area contributed by atoms with E-state index in [1.54, 1.807) is 25.2 Å². The SMILES string of the molecule is CCC(CNC)S(=O)(=O)c1cccc(Cl)c1. The fourth-order valence-electron chi connectivity index (χ4n) is 1.54. The second kappa shape index (κ2) is 5.66. The molecule has 1 atom stereocenters. The van der Waals surface area contributed by atoms with Crippen LogP contribution in [0.1, 0.15) is 13.3 Å². The van der Waals surface area contributed by atoms with Crippen LogP contribution in [0.5, 0.6) is 0 Å². The zero-order valence-corrected chi connectivity index (χ0v) is 11.0. The molecule has 0 radical (unpaired) electrons. The first kappa shape index (κ1) is 13.5. The van der Waals surface area contributed by atoms with Crippen LogP contribution in [-0.4, -0.2) is 27.3 Å². The van der Waals surface area contributed by atoms with Crippen LogP contribution in [0.15, 0.2) is 29.2 Å². The Morgan fingerprint density at radius 1 is 1.44 bits per heavy atom. The van der Waals surface area contributed by atoms with E-state index in [2.05, 4.69) is 5.32 Å². The predicted molar refractivity (Wildman–Crippen MR) is 66.6 cm³/mol. The molecular formula is C11H16ClNO2S. The van der Waals surface area contributed by atoms with Gasteiger partial charge in [0, 0.05) is 11.6 Å². The highest BCUT2D eigenvalue weighted by Crippen LogP contribution is 2.21. The number of hydrogen-bond donors (Lipinski definition) is 1. The fourth-order valence-corrected chi connectivity index (χ4v) is 3.56. The van der Waals surface area contributed by atoms with Crippen molar-refractivity contribution in [1.82, 2.24) is 5.32 Å². The lowest BCUT2D eigenvalue weighted by Gasteiger charge is -2.15. The van der Waals surface area contributed by atoms with Crippen LogP contribution in [0.25, 0.3) is 0 Å². The summed E-state index contributed by atoms with van der Waals surface area (Å²) in [5, 5.41) is 2.94. The van der Waals surface area contributed by atoms with Gasteiger partial charge in [0.05, 0.1) is 10.1 Å². The van der Waals surface area contributed by atoms with Gasteiger partial charge in [-0.3, -0.25) is 0 Å². The molecule has 0 fully saturated rings. The Labute approximate surface area is 102 Å². The second-order valence-electron chi connectivity index (χ2n) is 3.59. The third-order valence-electron chi connectivity index (χ3n) is 2.45. The Kier molecular flexibility index (Phi) is 4.77. The molecule has 0 heterocycles. The summed E-state index contributed by atoms with van der Waals surface area (Å²) in [5.41, 5.74) is 0. The molecule has 1 N–H and O–H groups in total. The van der Waals surface area contributed by atoms with Gasteiger partial charge in [-0.25, -0.2) is 8.42 Å². The summed E-state index contributed by atoms with van der Waals surface area (Å²) < 4.78 is 24.4. The first-order valence-electron chi connectivity index (χ1n) is 5.16. The van der Waals surface area contributed by atoms with Crippen molar-refractivity contribution in [2.75, 3.05) is 13.6 Å². The highest BCUT2D eigenvalue weighted by Gasteiger charge is 2.25. The van der Waals surface area contributed by atoms with E-state index < -0.39 is 15.1 Å². The second-order valence-corrected chi connectivity index (χ2v) is 6.25. The summed E-state index contributed by atoms with van der Waals surface area (Å²) in [4.78, 5) is 0.294. The molecule has 3 nitrogen and oxygen atoms in total. The molecule has 1 rings (SSSR count). The lowest BCUT2D eigenvalue weighted by Crippen LogP contribution is -2.31. The largest absolute Gasteiger partial charge is 0.318 e. The van der Waals surface area contributed by atoms with Crippen molar-refractivity contribution in [3.8, 4) is 0 Å². The van der Waals surface area contributed by atoms with Crippen LogP contribution in [0.3, 0.4) is 0 Å². The summed E-state index contributed by atoms with van der Waals surface area (Å²) in [6, 6.07) is 6.40. The average molecular weight is 262 g/mol. The quantitative estimate of drug-likeness (QED) is 0.883. The third kappa shape index (κ3) is 2.97. The van der Waals surface area contributed by atoms with Crippen LogP contribution in [0.2, 0.25) is 5.02 Å². The van der Waals surface area contributed by atoms with E-state index >= 15 is 0 Å². The summed E-state index contributed by atoms with van der Waals surface area (Å²) >= 11 is 5.80. The van der Waals surface area contributed by atoms with Crippen LogP contribution in [-0.2, 0) is 9.84 Å². The Bertz CT molecular complexity index is 445. The molecule has 0 amide bonds. The van der Waals surface area contributed by atoms with Crippen LogP contribution in [0, 0.1) is 0 Å². The summed E-state index contributed by atoms with van der Waals surface area (Å²) in [7, 11) is -1.54. The minimum absolute atomic E-state index is 0.294. The predicted octanol–water partition coefficient (Wildman–Crippen LogP) is 2.11. The topological polar surface area (TPSA) is 46.2 Å². The van der Waals surface area contributed by atoms with E-state index in [9.17, 15) is 8.42 Å². The van der Waals surface area contributed by atoms with Crippen molar-refractivity contribution in [3.63, 3.8) is 0 Å². The molecule has 1 aromatic carbocycles. The van der Waals surface area contributed by atoms with E-state index in [0.29, 0.717) is 22.9 Å². The summed E-state index contributed by atoms with van der Waals surface area (Å²) in [6.45, 7) is 2.31. The molecule has 1 aromatic rings. The summed E-state index contributed by atoms with van der Waals surface area (Å²) in [5.74, 6) is 0. The molecule has 0 saturated carbocycles. The lowest BCUT2D eigenvalue weighted by molar-refractivity contribution is 0.568. The number of nitrogens with one attached hydrogen (secondary N) is 1. The minimum Gasteiger partial charge on any atom is -0.318 e. The van der Waals surface area contributed by atoms with Crippen molar-refractivity contribution in [2.24, 2.45) is 0 Å². The highest BCUT2D eigenvalue weighted by atomic mass is 35.5. The molecule has 0 saturated heterocycles. The molecule has 90 valence electrons. The molecule has 0 spiro atoms. The van der Waals surface area contributed by atoms with Crippen molar-refractivity contribution >= 4 is 21.4 Å². The van der Waals surface area contributed by atoms with E-state index in [-0.39, 0.29) is 0 Å². The van der Waals surface area contributed by atoms with Gasteiger partial charge in [-0.15, -0.1) is 0 Å². The molecule has 5 heteroatoms. The Balaban J connectivity index is 3.09. The van der Waals surface area contributed by atoms with Crippen LogP contribution < -0.4 is 5.32 Å². The van der Waals surface area contributed by atoms with Gasteiger partial charge < -0.3 is 5.32 Å². The van der Waals surface area contributed by atoms with Gasteiger partial charge in [0.1, 0.15) is 0 Å². The van der Waals surface area contributed by atoms with Crippen molar-refractivity contribution in [2.45, 2.75) is 23.5 Å². The first-order chi connectivity index (χ1) is 7.52. The monoisotopic (exact) mass is 261 g/mol. The Hall–Kier alpha value is -0.580. The zero-order valence-electron chi connectivity index (χ0n) is 9.40. The van der Waals surface area contributed by atoms with Crippen LogP contribution >= 0.6 is 11.6 Å². The van der Waals surface area contributed by atoms with Gasteiger partial charge in [-0.2, -0.15) is 0 Å². The molecule has 0 aliphatic carbocycles. The van der Waals surface area contributed by atoms with Crippen LogP contribution in [0.4, 0.5) is 0 Å². The van der Waals surface area contributed by atoms with Crippen molar-refractivity contribution in [1.29, 1.82) is 0 Å². The Morgan fingerprint density at radius 2 is 2.12 bits per heavy atom. The maximum absolute atomic E-state index is 12.2. The zero-order chi connectivity index (χ0) is 12.2. The van der Waals surface area contributed by atoms with E-state index in [1.165, 1.54) is 6.07 Å². The highest BCUT2D eigenvalue weighted by molar-refractivity contribution is 7.92. The van der Waals surface area contributed by atoms with Gasteiger partial charge in [-0.1, -0.05) is 24.6 Å². The average Bonchev–Trinajstić information content (AvgIpc) is 2.25. The summed E-state index contributed by atoms with van der Waals surface area (Å²) in [6.07, 6.45) is 0.579. The number of hydrogen-bond acceptors (Lipinski definition) is 3. The van der Waals surface area contributed by atoms with Gasteiger partial charge in [0.2, 0.25) is 0 Å². The number of sulfone groups is 1. The minimum atomic E-state index is -3.28. The van der Waals surface area contributed by atoms with Crippen molar-refractivity contribution in [3.05, 3.63) is 29.3 Å². The normalized spacial score (nSPS) is 13.7. The molecule has 16 heavy (non-hydrogen) atoms. The number of rotatable bonds is 5. The van der Waals surface area contributed by atoms with E-state index in [4.69, 9.17) is 11.6 Å². The van der Waals surface area contributed by atoms with E-state index in [1.807, 2.05) is 6.92 Å². The maximum Gasteiger partial charge on any atom is 0.182 e. The standard InChI is InChI=1S/C11H16ClNO2S/c1-3-10(8-13-2)16(14,15)11-6-4-5-9(12)7-11/h4-7,10,13H,3,8H2,1-2H3. The molecule has 0 aromatic heterocycles. The number of halogens is 1. The third-order valence-corrected chi connectivity index (χ3v) is 4.97. The fraction of sp³-hybridized carbons (Fsp3) is 0.455. The molecule has 0 aliphatic rings. The lowest BCUT2D eigenvalue weighted by atomic mass is 10.3. The molecule has 1 unspecified atom stereocenters. The van der Waals surface area contributed by atoms with Gasteiger partial charge >= 0.3 is 0 Å². The molecular weight excluding hydrogens is 246 g/mol. The molecule has 0 bridgehead atoms. The smallest absolute Gasteiger partial charge is 0.182 e. The van der Waals surface area contributed by atoms with Gasteiger partial charge in [-0.05, 0) is 31.7 Å². The van der Waals surface area contributed by atoms with Gasteiger partial charge in [0.25, 0.3) is 0 Å². The Morgan fingerprint density at radius 3 is 2.62 bits per heavy atom. The first-order valence-corrected chi connectivity index (χ1v) is 7.08. The number of benzene rings is 1. The van der Waals surface area contributed by atoms with E-state index in [0.717, 1.165) is 0 Å². The van der Waals surface area contributed by atoms with Gasteiger partial charge in [0.15, 0.2) is 9.84 Å². The maximum atomic E-state index is 12.2. The molecule has 0 aliphatic heterocycles.